The van der Waals surface area contributed by atoms with E-state index < -0.39 is 23.6 Å². The van der Waals surface area contributed by atoms with Crippen molar-refractivity contribution in [2.24, 2.45) is 0 Å². The largest absolute Gasteiger partial charge is 0.487 e. The fourth-order valence-corrected chi connectivity index (χ4v) is 6.08. The summed E-state index contributed by atoms with van der Waals surface area (Å²) >= 11 is 23.0. The number of ether oxygens (including phenoxy) is 1. The molecule has 0 bridgehead atoms. The van der Waals surface area contributed by atoms with Crippen LogP contribution in [0.1, 0.15) is 11.1 Å². The molecule has 4 rings (SSSR count). The van der Waals surface area contributed by atoms with Gasteiger partial charge in [-0.2, -0.15) is 0 Å². The number of benzene rings is 3. The van der Waals surface area contributed by atoms with Crippen molar-refractivity contribution >= 4 is 112 Å². The normalized spacial score (nSPS) is 14.4. The summed E-state index contributed by atoms with van der Waals surface area (Å²) in [6.07, 6.45) is 1.59. The summed E-state index contributed by atoms with van der Waals surface area (Å²) in [6, 6.07) is 15.8. The fourth-order valence-electron chi connectivity index (χ4n) is 3.24. The molecule has 190 valence electrons. The van der Waals surface area contributed by atoms with Crippen LogP contribution in [0.25, 0.3) is 6.08 Å². The Balaban J connectivity index is 1.43. The summed E-state index contributed by atoms with van der Waals surface area (Å²) in [6.45, 7) is -0.0817. The Morgan fingerprint density at radius 2 is 1.65 bits per heavy atom. The second kappa shape index (κ2) is 12.4. The maximum Gasteiger partial charge on any atom is 0.294 e. The summed E-state index contributed by atoms with van der Waals surface area (Å²) in [5.74, 6) is -0.478. The van der Waals surface area contributed by atoms with Crippen LogP contribution in [-0.2, 0) is 16.2 Å². The van der Waals surface area contributed by atoms with Crippen LogP contribution in [0.5, 0.6) is 5.75 Å². The number of anilines is 1. The van der Waals surface area contributed by atoms with Crippen LogP contribution in [0.2, 0.25) is 10.0 Å². The van der Waals surface area contributed by atoms with Gasteiger partial charge in [0, 0.05) is 15.2 Å². The van der Waals surface area contributed by atoms with Gasteiger partial charge < -0.3 is 10.1 Å². The molecule has 37 heavy (non-hydrogen) atoms. The number of imide groups is 1. The highest BCUT2D eigenvalue weighted by atomic mass is 79.9. The van der Waals surface area contributed by atoms with E-state index in [1.165, 1.54) is 0 Å². The molecule has 1 saturated heterocycles. The van der Waals surface area contributed by atoms with Crippen LogP contribution in [0.15, 0.2) is 72.9 Å². The van der Waals surface area contributed by atoms with Crippen molar-refractivity contribution < 1.29 is 19.1 Å². The number of thioether (sulfide) groups is 1. The van der Waals surface area contributed by atoms with Gasteiger partial charge in [0.05, 0.1) is 18.9 Å². The zero-order valence-corrected chi connectivity index (χ0v) is 25.7. The number of hydrogen-bond donors (Lipinski definition) is 1. The lowest BCUT2D eigenvalue weighted by Crippen LogP contribution is -2.36. The Kier molecular flexibility index (Phi) is 9.42. The molecule has 1 heterocycles. The summed E-state index contributed by atoms with van der Waals surface area (Å²) in [5.41, 5.74) is 2.07. The van der Waals surface area contributed by atoms with Gasteiger partial charge >= 0.3 is 0 Å². The fraction of sp³-hybridized carbons (Fsp3) is 0.0800. The first-order valence-electron chi connectivity index (χ1n) is 10.5. The van der Waals surface area contributed by atoms with Crippen LogP contribution in [0.3, 0.4) is 0 Å². The Morgan fingerprint density at radius 1 is 0.973 bits per heavy atom. The molecule has 6 nitrogen and oxygen atoms in total. The van der Waals surface area contributed by atoms with Crippen molar-refractivity contribution in [1.29, 1.82) is 0 Å². The average Bonchev–Trinajstić information content (AvgIpc) is 3.09. The number of nitrogens with zero attached hydrogens (tertiary/aromatic N) is 1. The van der Waals surface area contributed by atoms with Crippen molar-refractivity contribution in [1.82, 2.24) is 4.90 Å². The Labute approximate surface area is 252 Å². The molecule has 0 radical (unpaired) electrons. The number of hydrogen-bond acceptors (Lipinski definition) is 5. The standard InChI is InChI=1S/C25H15Br3Cl2N2O4S/c26-17-6-5-16(10-20(17)30)31-22(33)11-32-24(34)21(37-25(32)35)9-14-7-18(27)23(19(28)8-14)36-12-13-1-3-15(29)4-2-13/h1-10H,11-12H2,(H,31,33)/b21-9+. The molecule has 0 saturated carbocycles. The van der Waals surface area contributed by atoms with Gasteiger partial charge in [0.25, 0.3) is 11.1 Å². The van der Waals surface area contributed by atoms with Gasteiger partial charge in [-0.05, 0) is 119 Å². The van der Waals surface area contributed by atoms with E-state index in [2.05, 4.69) is 53.1 Å². The minimum absolute atomic E-state index is 0.207. The lowest BCUT2D eigenvalue weighted by Gasteiger charge is -2.13. The van der Waals surface area contributed by atoms with E-state index in [1.807, 2.05) is 12.1 Å². The van der Waals surface area contributed by atoms with Crippen molar-refractivity contribution in [2.75, 3.05) is 11.9 Å². The monoisotopic (exact) mass is 746 g/mol. The molecule has 1 aliphatic heterocycles. The third-order valence-corrected chi connectivity index (χ3v) is 8.56. The van der Waals surface area contributed by atoms with E-state index >= 15 is 0 Å². The third-order valence-electron chi connectivity index (χ3n) is 4.99. The maximum absolute atomic E-state index is 12.9. The molecule has 0 aliphatic carbocycles. The number of halogens is 5. The molecule has 1 fully saturated rings. The predicted molar refractivity (Wildman–Crippen MR) is 158 cm³/mol. The lowest BCUT2D eigenvalue weighted by molar-refractivity contribution is -0.127. The van der Waals surface area contributed by atoms with Crippen LogP contribution in [0.4, 0.5) is 10.5 Å². The van der Waals surface area contributed by atoms with E-state index in [-0.39, 0.29) is 4.91 Å². The summed E-state index contributed by atoms with van der Waals surface area (Å²) in [5, 5.41) is 3.18. The topological polar surface area (TPSA) is 75.7 Å². The van der Waals surface area contributed by atoms with Crippen molar-refractivity contribution in [3.05, 3.63) is 94.1 Å². The van der Waals surface area contributed by atoms with E-state index in [0.717, 1.165) is 22.2 Å². The Bertz CT molecular complexity index is 1410. The third kappa shape index (κ3) is 7.19. The maximum atomic E-state index is 12.9. The van der Waals surface area contributed by atoms with Gasteiger partial charge in [-0.15, -0.1) is 0 Å². The molecule has 3 aromatic rings. The van der Waals surface area contributed by atoms with Crippen molar-refractivity contribution in [3.63, 3.8) is 0 Å². The molecule has 0 atom stereocenters. The van der Waals surface area contributed by atoms with Crippen LogP contribution < -0.4 is 10.1 Å². The Hall–Kier alpha value is -1.82. The SMILES string of the molecule is O=C(CN1C(=O)S/C(=C/c2cc(Br)c(OCc3ccc(Cl)cc3)c(Br)c2)C1=O)Nc1ccc(Br)c(Cl)c1. The van der Waals surface area contributed by atoms with E-state index in [1.54, 1.807) is 48.5 Å². The zero-order chi connectivity index (χ0) is 26.7. The first-order valence-corrected chi connectivity index (χ1v) is 14.4. The van der Waals surface area contributed by atoms with E-state index in [0.29, 0.717) is 47.1 Å². The first kappa shape index (κ1) is 28.2. The lowest BCUT2D eigenvalue weighted by atomic mass is 10.2. The molecule has 3 amide bonds. The van der Waals surface area contributed by atoms with Crippen molar-refractivity contribution in [3.8, 4) is 5.75 Å². The first-order chi connectivity index (χ1) is 17.6. The molecule has 1 aliphatic rings. The second-order valence-electron chi connectivity index (χ2n) is 7.67. The van der Waals surface area contributed by atoms with Gasteiger partial charge in [0.15, 0.2) is 0 Å². The van der Waals surface area contributed by atoms with Crippen molar-refractivity contribution in [2.45, 2.75) is 6.61 Å². The Morgan fingerprint density at radius 3 is 2.30 bits per heavy atom. The van der Waals surface area contributed by atoms with Crippen LogP contribution >= 0.6 is 82.8 Å². The smallest absolute Gasteiger partial charge is 0.294 e. The summed E-state index contributed by atoms with van der Waals surface area (Å²) in [4.78, 5) is 38.9. The highest BCUT2D eigenvalue weighted by Crippen LogP contribution is 2.38. The van der Waals surface area contributed by atoms with Gasteiger partial charge in [-0.25, -0.2) is 0 Å². The number of rotatable bonds is 7. The van der Waals surface area contributed by atoms with Gasteiger partial charge in [-0.1, -0.05) is 35.3 Å². The van der Waals surface area contributed by atoms with Gasteiger partial charge in [-0.3, -0.25) is 19.3 Å². The number of amides is 3. The molecular formula is C25H15Br3Cl2N2O4S. The predicted octanol–water partition coefficient (Wildman–Crippen LogP) is 8.53. The van der Waals surface area contributed by atoms with Crippen LogP contribution in [0, 0.1) is 0 Å². The molecule has 3 aromatic carbocycles. The van der Waals surface area contributed by atoms with Crippen LogP contribution in [-0.4, -0.2) is 28.5 Å². The molecular weight excluding hydrogens is 735 g/mol. The molecule has 12 heteroatoms. The van der Waals surface area contributed by atoms with Gasteiger partial charge in [0.1, 0.15) is 18.9 Å². The number of carbonyl (C=O) groups excluding carboxylic acids is 3. The molecule has 0 spiro atoms. The minimum atomic E-state index is -0.547. The number of carbonyl (C=O) groups is 3. The molecule has 1 N–H and O–H groups in total. The minimum Gasteiger partial charge on any atom is -0.487 e. The second-order valence-corrected chi connectivity index (χ2v) is 12.1. The summed E-state index contributed by atoms with van der Waals surface area (Å²) < 4.78 is 7.94. The number of nitrogens with one attached hydrogen (secondary N) is 1. The molecule has 0 unspecified atom stereocenters. The molecule has 0 aromatic heterocycles. The summed E-state index contributed by atoms with van der Waals surface area (Å²) in [7, 11) is 0. The van der Waals surface area contributed by atoms with E-state index in [9.17, 15) is 14.4 Å². The zero-order valence-electron chi connectivity index (χ0n) is 18.6. The van der Waals surface area contributed by atoms with Gasteiger partial charge in [0.2, 0.25) is 5.91 Å². The quantitative estimate of drug-likeness (QED) is 0.245. The average molecular weight is 750 g/mol. The highest BCUT2D eigenvalue weighted by molar-refractivity contribution is 9.11. The van der Waals surface area contributed by atoms with E-state index in [4.69, 9.17) is 27.9 Å². The highest BCUT2D eigenvalue weighted by Gasteiger charge is 2.36.